The zero-order chi connectivity index (χ0) is 19.7. The van der Waals surface area contributed by atoms with Crippen LogP contribution >= 0.6 is 0 Å². The molecule has 3 aromatic rings. The quantitative estimate of drug-likeness (QED) is 0.665. The number of fused-ring (bicyclic) bond motifs is 1. The molecule has 28 heavy (non-hydrogen) atoms. The topological polar surface area (TPSA) is 66.8 Å². The number of aliphatic hydroxyl groups excluding tert-OH is 1. The van der Waals surface area contributed by atoms with Gasteiger partial charge in [-0.1, -0.05) is 36.4 Å². The zero-order valence-corrected chi connectivity index (χ0v) is 14.9. The summed E-state index contributed by atoms with van der Waals surface area (Å²) in [5.74, 6) is -1.06. The maximum atomic E-state index is 13.7. The van der Waals surface area contributed by atoms with Crippen molar-refractivity contribution < 1.29 is 24.1 Å². The Kier molecular flexibility index (Phi) is 4.57. The molecule has 0 atom stereocenters. The highest BCUT2D eigenvalue weighted by Crippen LogP contribution is 2.37. The summed E-state index contributed by atoms with van der Waals surface area (Å²) in [6.07, 6.45) is 0.570. The Morgan fingerprint density at radius 3 is 2.54 bits per heavy atom. The number of benzene rings is 3. The predicted molar refractivity (Wildman–Crippen MR) is 104 cm³/mol. The summed E-state index contributed by atoms with van der Waals surface area (Å²) in [7, 11) is 0. The molecule has 4 nitrogen and oxygen atoms in total. The number of hydrogen-bond acceptors (Lipinski definition) is 3. The molecule has 2 N–H and O–H groups in total. The molecule has 5 heteroatoms. The van der Waals surface area contributed by atoms with Crippen molar-refractivity contribution >= 4 is 11.7 Å². The van der Waals surface area contributed by atoms with Crippen molar-refractivity contribution in [2.75, 3.05) is 6.61 Å². The van der Waals surface area contributed by atoms with Crippen molar-refractivity contribution in [3.63, 3.8) is 0 Å². The van der Waals surface area contributed by atoms with Gasteiger partial charge in [0.1, 0.15) is 23.9 Å². The third kappa shape index (κ3) is 3.34. The third-order valence-corrected chi connectivity index (χ3v) is 4.76. The number of carboxylic acids is 1. The molecule has 0 fully saturated rings. The fourth-order valence-electron chi connectivity index (χ4n) is 3.35. The van der Waals surface area contributed by atoms with E-state index >= 15 is 0 Å². The second-order valence-corrected chi connectivity index (χ2v) is 6.61. The monoisotopic (exact) mass is 376 g/mol. The molecule has 4 rings (SSSR count). The number of aliphatic hydroxyl groups is 1. The lowest BCUT2D eigenvalue weighted by molar-refractivity contribution is 0.0697. The fraction of sp³-hybridized carbons (Fsp3) is 0.0870. The minimum Gasteiger partial charge on any atom is -0.507 e. The van der Waals surface area contributed by atoms with Crippen molar-refractivity contribution in [3.8, 4) is 16.9 Å². The third-order valence-electron chi connectivity index (χ3n) is 4.76. The number of aromatic carboxylic acids is 1. The lowest BCUT2D eigenvalue weighted by Crippen LogP contribution is -2.13. The number of carbonyl (C=O) groups is 1. The number of hydrogen-bond donors (Lipinski definition) is 2. The van der Waals surface area contributed by atoms with E-state index in [1.807, 2.05) is 30.3 Å². The minimum atomic E-state index is -1.14. The summed E-state index contributed by atoms with van der Waals surface area (Å²) in [6, 6.07) is 18.3. The van der Waals surface area contributed by atoms with Crippen LogP contribution in [0.25, 0.3) is 16.9 Å². The summed E-state index contributed by atoms with van der Waals surface area (Å²) in [5.41, 5.74) is 3.14. The first-order valence-electron chi connectivity index (χ1n) is 8.78. The van der Waals surface area contributed by atoms with E-state index < -0.39 is 11.8 Å². The highest BCUT2D eigenvalue weighted by molar-refractivity contribution is 5.96. The van der Waals surface area contributed by atoms with Gasteiger partial charge in [0, 0.05) is 12.0 Å². The van der Waals surface area contributed by atoms with Crippen LogP contribution in [0.1, 0.15) is 21.5 Å². The first-order chi connectivity index (χ1) is 13.5. The van der Waals surface area contributed by atoms with Crippen molar-refractivity contribution in [1.82, 2.24) is 0 Å². The van der Waals surface area contributed by atoms with E-state index in [0.29, 0.717) is 23.3 Å². The Hall–Kier alpha value is -3.60. The van der Waals surface area contributed by atoms with Crippen LogP contribution in [0.4, 0.5) is 4.39 Å². The summed E-state index contributed by atoms with van der Waals surface area (Å²) >= 11 is 0. The molecule has 0 amide bonds. The van der Waals surface area contributed by atoms with E-state index in [9.17, 15) is 19.4 Å². The molecule has 0 saturated carbocycles. The van der Waals surface area contributed by atoms with Gasteiger partial charge in [0.15, 0.2) is 0 Å². The Balaban J connectivity index is 1.72. The van der Waals surface area contributed by atoms with Crippen molar-refractivity contribution in [2.24, 2.45) is 0 Å². The van der Waals surface area contributed by atoms with Crippen LogP contribution in [0.3, 0.4) is 0 Å². The van der Waals surface area contributed by atoms with Crippen molar-refractivity contribution in [1.29, 1.82) is 0 Å². The van der Waals surface area contributed by atoms with Crippen molar-refractivity contribution in [2.45, 2.75) is 6.42 Å². The number of ether oxygens (including phenoxy) is 1. The maximum absolute atomic E-state index is 13.7. The molecule has 3 aromatic carbocycles. The Morgan fingerprint density at radius 1 is 1.00 bits per heavy atom. The van der Waals surface area contributed by atoms with Gasteiger partial charge in [-0.05, 0) is 47.0 Å². The summed E-state index contributed by atoms with van der Waals surface area (Å²) in [6.45, 7) is 0.228. The molecule has 140 valence electrons. The van der Waals surface area contributed by atoms with Crippen LogP contribution in [0, 0.1) is 5.82 Å². The largest absolute Gasteiger partial charge is 0.507 e. The van der Waals surface area contributed by atoms with Crippen LogP contribution in [-0.2, 0) is 6.42 Å². The van der Waals surface area contributed by atoms with Gasteiger partial charge in [0.2, 0.25) is 0 Å². The van der Waals surface area contributed by atoms with E-state index in [0.717, 1.165) is 17.2 Å². The van der Waals surface area contributed by atoms with Crippen LogP contribution in [0.5, 0.6) is 5.75 Å². The van der Waals surface area contributed by atoms with Crippen LogP contribution < -0.4 is 4.74 Å². The average Bonchev–Trinajstić information content (AvgIpc) is 2.70. The van der Waals surface area contributed by atoms with Gasteiger partial charge in [-0.25, -0.2) is 9.18 Å². The predicted octanol–water partition coefficient (Wildman–Crippen LogP) is 5.10. The molecular formula is C23H17FO4. The molecular weight excluding hydrogens is 359 g/mol. The lowest BCUT2D eigenvalue weighted by Gasteiger charge is -2.22. The Labute approximate surface area is 161 Å². The van der Waals surface area contributed by atoms with Gasteiger partial charge in [-0.15, -0.1) is 0 Å². The summed E-state index contributed by atoms with van der Waals surface area (Å²) in [5, 5.41) is 20.0. The minimum absolute atomic E-state index is 0.00156. The van der Waals surface area contributed by atoms with E-state index in [4.69, 9.17) is 4.74 Å². The number of carboxylic acid groups (broad SMARTS) is 1. The molecule has 0 aromatic heterocycles. The Bertz CT molecular complexity index is 1090. The van der Waals surface area contributed by atoms with Crippen LogP contribution in [0.2, 0.25) is 0 Å². The van der Waals surface area contributed by atoms with Gasteiger partial charge >= 0.3 is 5.97 Å². The molecule has 0 spiro atoms. The first kappa shape index (κ1) is 17.8. The highest BCUT2D eigenvalue weighted by atomic mass is 19.1. The first-order valence-corrected chi connectivity index (χ1v) is 8.78. The average molecular weight is 376 g/mol. The lowest BCUT2D eigenvalue weighted by atomic mass is 9.95. The van der Waals surface area contributed by atoms with Gasteiger partial charge < -0.3 is 14.9 Å². The van der Waals surface area contributed by atoms with Gasteiger partial charge in [-0.2, -0.15) is 0 Å². The highest BCUT2D eigenvalue weighted by Gasteiger charge is 2.22. The van der Waals surface area contributed by atoms with E-state index in [1.165, 1.54) is 12.1 Å². The molecule has 1 aliphatic rings. The number of halogens is 1. The molecule has 0 saturated heterocycles. The molecule has 0 bridgehead atoms. The molecule has 0 radical (unpaired) electrons. The van der Waals surface area contributed by atoms with Gasteiger partial charge in [-0.3, -0.25) is 0 Å². The zero-order valence-electron chi connectivity index (χ0n) is 14.9. The summed E-state index contributed by atoms with van der Waals surface area (Å²) in [4.78, 5) is 11.5. The van der Waals surface area contributed by atoms with Crippen LogP contribution in [0.15, 0.2) is 72.3 Å². The number of rotatable bonds is 4. The second-order valence-electron chi connectivity index (χ2n) is 6.61. The van der Waals surface area contributed by atoms with Gasteiger partial charge in [0.25, 0.3) is 0 Å². The second kappa shape index (κ2) is 7.19. The van der Waals surface area contributed by atoms with Crippen LogP contribution in [-0.4, -0.2) is 22.8 Å². The summed E-state index contributed by atoms with van der Waals surface area (Å²) < 4.78 is 19.5. The molecule has 1 heterocycles. The van der Waals surface area contributed by atoms with E-state index in [1.54, 1.807) is 18.2 Å². The Morgan fingerprint density at radius 2 is 1.79 bits per heavy atom. The van der Waals surface area contributed by atoms with E-state index in [-0.39, 0.29) is 23.5 Å². The molecule has 0 unspecified atom stereocenters. The van der Waals surface area contributed by atoms with Gasteiger partial charge in [0.05, 0.1) is 11.1 Å². The van der Waals surface area contributed by atoms with E-state index in [2.05, 4.69) is 0 Å². The smallest absolute Gasteiger partial charge is 0.336 e. The fourth-order valence-corrected chi connectivity index (χ4v) is 3.35. The van der Waals surface area contributed by atoms with Crippen molar-refractivity contribution in [3.05, 3.63) is 94.8 Å². The molecule has 1 aliphatic heterocycles. The molecule has 0 aliphatic carbocycles. The normalized spacial score (nSPS) is 13.0. The SMILES string of the molecule is O=C(O)c1ccc(F)cc1-c1ccc2c(c1)OCC(Cc1ccccc1)=C2O. The standard InChI is InChI=1S/C23H17FO4/c24-17-7-9-18(23(26)27)20(12-17)15-6-8-19-21(11-15)28-13-16(22(19)25)10-14-4-2-1-3-5-14/h1-9,11-12,25H,10,13H2,(H,26,27). The maximum Gasteiger partial charge on any atom is 0.336 e.